The van der Waals surface area contributed by atoms with Crippen LogP contribution in [0.25, 0.3) is 0 Å². The summed E-state index contributed by atoms with van der Waals surface area (Å²) < 4.78 is 47.2. The quantitative estimate of drug-likeness (QED) is 0.539. The van der Waals surface area contributed by atoms with E-state index in [1.54, 1.807) is 17.2 Å². The van der Waals surface area contributed by atoms with Crippen LogP contribution in [0.5, 0.6) is 0 Å². The Morgan fingerprint density at radius 3 is 2.50 bits per heavy atom. The molecule has 1 aromatic rings. The molecule has 0 spiro atoms. The summed E-state index contributed by atoms with van der Waals surface area (Å²) in [6, 6.07) is 4.53. The zero-order valence-electron chi connectivity index (χ0n) is 22.4. The third kappa shape index (κ3) is 6.34. The summed E-state index contributed by atoms with van der Waals surface area (Å²) >= 11 is 0. The maximum absolute atomic E-state index is 13.7. The Labute approximate surface area is 231 Å². The topological polar surface area (TPSA) is 114 Å². The molecule has 3 aliphatic heterocycles. The monoisotopic (exact) mass is 563 g/mol. The van der Waals surface area contributed by atoms with E-state index in [-0.39, 0.29) is 30.5 Å². The van der Waals surface area contributed by atoms with Crippen molar-refractivity contribution in [3.05, 3.63) is 23.9 Å². The van der Waals surface area contributed by atoms with Crippen molar-refractivity contribution in [1.82, 2.24) is 25.6 Å². The molecule has 13 heteroatoms. The lowest BCUT2D eigenvalue weighted by atomic mass is 9.86. The van der Waals surface area contributed by atoms with Gasteiger partial charge in [-0.1, -0.05) is 0 Å². The molecule has 0 radical (unpaired) electrons. The molecule has 1 aliphatic carbocycles. The summed E-state index contributed by atoms with van der Waals surface area (Å²) in [7, 11) is 0. The number of piperazine rings is 1. The first kappa shape index (κ1) is 28.6. The van der Waals surface area contributed by atoms with Crippen molar-refractivity contribution in [2.24, 2.45) is 11.8 Å². The molecule has 4 heterocycles. The molecule has 218 valence electrons. The zero-order chi connectivity index (χ0) is 28.3. The number of amides is 2. The van der Waals surface area contributed by atoms with Crippen molar-refractivity contribution < 1.29 is 27.5 Å². The number of nitriles is 1. The van der Waals surface area contributed by atoms with Crippen LogP contribution in [0.4, 0.5) is 19.0 Å². The first-order valence-electron chi connectivity index (χ1n) is 14.1. The van der Waals surface area contributed by atoms with Crippen LogP contribution in [0.2, 0.25) is 0 Å². The number of nitrogens with one attached hydrogen (secondary N) is 2. The maximum Gasteiger partial charge on any atom is 0.402 e. The van der Waals surface area contributed by atoms with Gasteiger partial charge in [-0.15, -0.1) is 0 Å². The fraction of sp³-hybridized carbons (Fsp3) is 0.704. The number of aromatic nitrogens is 1. The van der Waals surface area contributed by atoms with Crippen LogP contribution in [0, 0.1) is 23.2 Å². The molecule has 2 N–H and O–H groups in total. The zero-order valence-corrected chi connectivity index (χ0v) is 22.4. The van der Waals surface area contributed by atoms with E-state index in [1.165, 1.54) is 0 Å². The van der Waals surface area contributed by atoms with Gasteiger partial charge in [-0.2, -0.15) is 18.4 Å². The average molecular weight is 564 g/mol. The Bertz CT molecular complexity index is 1080. The second kappa shape index (κ2) is 12.3. The van der Waals surface area contributed by atoms with Gasteiger partial charge < -0.3 is 14.5 Å². The van der Waals surface area contributed by atoms with E-state index in [9.17, 15) is 22.8 Å². The lowest BCUT2D eigenvalue weighted by Crippen LogP contribution is -2.65. The highest BCUT2D eigenvalue weighted by Crippen LogP contribution is 2.36. The van der Waals surface area contributed by atoms with E-state index >= 15 is 0 Å². The highest BCUT2D eigenvalue weighted by atomic mass is 19.4. The second-order valence-electron chi connectivity index (χ2n) is 11.1. The Kier molecular flexibility index (Phi) is 8.77. The van der Waals surface area contributed by atoms with Crippen LogP contribution >= 0.6 is 0 Å². The number of carbonyl (C=O) groups is 2. The van der Waals surface area contributed by atoms with E-state index in [0.29, 0.717) is 44.9 Å². The Morgan fingerprint density at radius 2 is 1.85 bits per heavy atom. The van der Waals surface area contributed by atoms with Crippen molar-refractivity contribution in [1.29, 1.82) is 5.26 Å². The number of hydrogen-bond donors (Lipinski definition) is 2. The number of rotatable bonds is 6. The third-order valence-electron chi connectivity index (χ3n) is 8.73. The minimum Gasteiger partial charge on any atom is -0.377 e. The fourth-order valence-electron chi connectivity index (χ4n) is 6.54. The maximum atomic E-state index is 13.7. The SMILES string of the molecule is N#Cc1ccc(N2CCN(C(=O)C3CCC(OC[C@@H]4CCCN4C4CNNC(=O)C4C(F)(F)F)CC3)CC2)nc1. The summed E-state index contributed by atoms with van der Waals surface area (Å²) in [5, 5.41) is 8.95. The highest BCUT2D eigenvalue weighted by molar-refractivity contribution is 5.80. The fourth-order valence-corrected chi connectivity index (χ4v) is 6.54. The summed E-state index contributed by atoms with van der Waals surface area (Å²) in [4.78, 5) is 35.4. The molecule has 10 nitrogen and oxygen atoms in total. The van der Waals surface area contributed by atoms with Gasteiger partial charge in [0.2, 0.25) is 11.8 Å². The Hall–Kier alpha value is -2.95. The average Bonchev–Trinajstić information content (AvgIpc) is 3.44. The number of pyridine rings is 1. The van der Waals surface area contributed by atoms with Gasteiger partial charge in [0, 0.05) is 56.9 Å². The van der Waals surface area contributed by atoms with Crippen LogP contribution < -0.4 is 15.8 Å². The number of hydrogen-bond acceptors (Lipinski definition) is 8. The van der Waals surface area contributed by atoms with Crippen LogP contribution in [-0.2, 0) is 14.3 Å². The van der Waals surface area contributed by atoms with Gasteiger partial charge in [0.05, 0.1) is 18.3 Å². The van der Waals surface area contributed by atoms with Crippen LogP contribution in [0.3, 0.4) is 0 Å². The summed E-state index contributed by atoms with van der Waals surface area (Å²) in [6.45, 7) is 3.51. The minimum atomic E-state index is -4.61. The number of alkyl halides is 3. The predicted octanol–water partition coefficient (Wildman–Crippen LogP) is 1.82. The smallest absolute Gasteiger partial charge is 0.377 e. The second-order valence-corrected chi connectivity index (χ2v) is 11.1. The lowest BCUT2D eigenvalue weighted by molar-refractivity contribution is -0.202. The van der Waals surface area contributed by atoms with Crippen LogP contribution in [0.1, 0.15) is 44.1 Å². The third-order valence-corrected chi connectivity index (χ3v) is 8.73. The van der Waals surface area contributed by atoms with Gasteiger partial charge >= 0.3 is 6.18 Å². The molecular formula is C27H36F3N7O3. The standard InChI is InChI=1S/C27H36F3N7O3/c28-27(29,30)24-22(16-33-34-25(24)38)37-9-1-2-20(37)17-40-21-6-4-19(5-7-21)26(39)36-12-10-35(11-13-36)23-8-3-18(14-31)15-32-23/h3,8,15,19-22,24,33H,1-2,4-7,9-13,16-17H2,(H,34,38)/t19?,20-,21?,22?,24?/m0/s1. The number of hydrazine groups is 1. The normalized spacial score (nSPS) is 30.1. The summed E-state index contributed by atoms with van der Waals surface area (Å²) in [6.07, 6.45) is 1.40. The van der Waals surface area contributed by atoms with Crippen LogP contribution in [0.15, 0.2) is 18.3 Å². The van der Waals surface area contributed by atoms with Crippen molar-refractivity contribution in [3.8, 4) is 6.07 Å². The molecule has 2 amide bonds. The van der Waals surface area contributed by atoms with E-state index in [4.69, 9.17) is 10.00 Å². The van der Waals surface area contributed by atoms with Gasteiger partial charge in [0.1, 0.15) is 11.9 Å². The summed E-state index contributed by atoms with van der Waals surface area (Å²) in [5.41, 5.74) is 5.26. The van der Waals surface area contributed by atoms with E-state index < -0.39 is 24.0 Å². The van der Waals surface area contributed by atoms with Gasteiger partial charge in [0.25, 0.3) is 0 Å². The number of carbonyl (C=O) groups excluding carboxylic acids is 2. The van der Waals surface area contributed by atoms with Crippen molar-refractivity contribution in [3.63, 3.8) is 0 Å². The molecule has 3 saturated heterocycles. The Morgan fingerprint density at radius 1 is 1.10 bits per heavy atom. The lowest BCUT2D eigenvalue weighted by Gasteiger charge is -2.41. The molecule has 4 aliphatic rings. The first-order chi connectivity index (χ1) is 19.2. The predicted molar refractivity (Wildman–Crippen MR) is 139 cm³/mol. The summed E-state index contributed by atoms with van der Waals surface area (Å²) in [5.74, 6) is -2.15. The molecule has 1 saturated carbocycles. The van der Waals surface area contributed by atoms with Gasteiger partial charge in [0.15, 0.2) is 5.92 Å². The molecular weight excluding hydrogens is 527 g/mol. The van der Waals surface area contributed by atoms with E-state index in [1.807, 2.05) is 11.0 Å². The number of ether oxygens (including phenoxy) is 1. The van der Waals surface area contributed by atoms with Gasteiger partial charge in [-0.05, 0) is 57.2 Å². The van der Waals surface area contributed by atoms with Gasteiger partial charge in [-0.25, -0.2) is 10.4 Å². The highest BCUT2D eigenvalue weighted by Gasteiger charge is 2.54. The van der Waals surface area contributed by atoms with Crippen molar-refractivity contribution in [2.75, 3.05) is 50.8 Å². The number of nitrogens with zero attached hydrogens (tertiary/aromatic N) is 5. The van der Waals surface area contributed by atoms with Crippen molar-refractivity contribution >= 4 is 17.6 Å². The minimum absolute atomic E-state index is 0.0167. The molecule has 40 heavy (non-hydrogen) atoms. The molecule has 4 fully saturated rings. The van der Waals surface area contributed by atoms with E-state index in [0.717, 1.165) is 44.3 Å². The first-order valence-corrected chi connectivity index (χ1v) is 14.1. The Balaban J connectivity index is 1.06. The van der Waals surface area contributed by atoms with Crippen LogP contribution in [-0.4, -0.2) is 96.8 Å². The van der Waals surface area contributed by atoms with Gasteiger partial charge in [-0.3, -0.25) is 19.9 Å². The van der Waals surface area contributed by atoms with E-state index in [2.05, 4.69) is 26.8 Å². The molecule has 0 bridgehead atoms. The molecule has 1 aromatic heterocycles. The van der Waals surface area contributed by atoms with Crippen molar-refractivity contribution in [2.45, 2.75) is 62.9 Å². The molecule has 3 atom stereocenters. The molecule has 5 rings (SSSR count). The number of halogens is 3. The number of anilines is 1. The largest absolute Gasteiger partial charge is 0.402 e. The number of likely N-dealkylation sites (tertiary alicyclic amines) is 1. The molecule has 2 unspecified atom stereocenters. The molecule has 0 aromatic carbocycles.